The van der Waals surface area contributed by atoms with Crippen LogP contribution in [0.4, 0.5) is 0 Å². The molecule has 1 rings (SSSR count). The van der Waals surface area contributed by atoms with Gasteiger partial charge in [-0.25, -0.2) is 4.79 Å². The van der Waals surface area contributed by atoms with Crippen LogP contribution in [0.5, 0.6) is 11.5 Å². The molecule has 0 bridgehead atoms. The van der Waals surface area contributed by atoms with Gasteiger partial charge in [0.2, 0.25) is 0 Å². The van der Waals surface area contributed by atoms with Crippen LogP contribution in [-0.4, -0.2) is 64.9 Å². The highest BCUT2D eigenvalue weighted by Gasteiger charge is 2.22. The summed E-state index contributed by atoms with van der Waals surface area (Å²) in [6, 6.07) is 4.18. The van der Waals surface area contributed by atoms with E-state index in [1.807, 2.05) is 6.08 Å². The Labute approximate surface area is 197 Å². The van der Waals surface area contributed by atoms with Gasteiger partial charge in [-0.3, -0.25) is 0 Å². The van der Waals surface area contributed by atoms with Crippen LogP contribution in [0.1, 0.15) is 42.6 Å². The van der Waals surface area contributed by atoms with Gasteiger partial charge in [-0.2, -0.15) is 0 Å². The van der Waals surface area contributed by atoms with Gasteiger partial charge in [0.15, 0.2) is 12.6 Å². The van der Waals surface area contributed by atoms with Crippen molar-refractivity contribution in [3.05, 3.63) is 29.3 Å². The van der Waals surface area contributed by atoms with Crippen molar-refractivity contribution in [3.63, 3.8) is 0 Å². The number of aliphatic hydroxyl groups is 1. The number of hydrogen-bond acceptors (Lipinski definition) is 8. The molecule has 0 saturated heterocycles. The van der Waals surface area contributed by atoms with Crippen molar-refractivity contribution in [1.82, 2.24) is 0 Å². The van der Waals surface area contributed by atoms with Crippen LogP contribution >= 0.6 is 0 Å². The molecule has 0 saturated carbocycles. The summed E-state index contributed by atoms with van der Waals surface area (Å²) in [7, 11) is 1.65. The number of carbonyl (C=O) groups is 2. The predicted molar refractivity (Wildman–Crippen MR) is 129 cm³/mol. The Hall–Kier alpha value is -2.20. The lowest BCUT2D eigenvalue weighted by atomic mass is 10.0. The summed E-state index contributed by atoms with van der Waals surface area (Å²) in [5.41, 5.74) is 0.837. The molecule has 0 heterocycles. The number of esters is 1. The third-order valence-corrected chi connectivity index (χ3v) is 6.17. The number of rotatable bonds is 15. The van der Waals surface area contributed by atoms with Crippen LogP contribution in [0.3, 0.4) is 0 Å². The number of ether oxygens (including phenoxy) is 5. The molecule has 0 aliphatic carbocycles. The van der Waals surface area contributed by atoms with Gasteiger partial charge in [0.1, 0.15) is 29.5 Å². The van der Waals surface area contributed by atoms with Crippen molar-refractivity contribution < 1.29 is 38.4 Å². The Morgan fingerprint density at radius 2 is 1.91 bits per heavy atom. The highest BCUT2D eigenvalue weighted by molar-refractivity contribution is 6.76. The minimum absolute atomic E-state index is 0.0409. The van der Waals surface area contributed by atoms with Gasteiger partial charge in [0, 0.05) is 21.3 Å². The lowest BCUT2D eigenvalue weighted by Crippen LogP contribution is -2.30. The molecule has 0 aromatic heterocycles. The summed E-state index contributed by atoms with van der Waals surface area (Å²) < 4.78 is 26.9. The number of methoxy groups -OCH3 is 2. The van der Waals surface area contributed by atoms with E-state index in [4.69, 9.17) is 23.7 Å². The molecular formula is C24H38O8Si. The molecule has 186 valence electrons. The summed E-state index contributed by atoms with van der Waals surface area (Å²) in [6.07, 6.45) is 4.34. The number of carbonyl (C=O) groups excluding carboxylic acids is 2. The smallest absolute Gasteiger partial charge is 0.342 e. The van der Waals surface area contributed by atoms with E-state index in [0.29, 0.717) is 42.8 Å². The number of allylic oxidation sites excluding steroid dienone is 1. The first-order valence-electron chi connectivity index (χ1n) is 10.9. The summed E-state index contributed by atoms with van der Waals surface area (Å²) in [5, 5.41) is 9.75. The van der Waals surface area contributed by atoms with E-state index in [0.717, 1.165) is 6.04 Å². The molecular weight excluding hydrogens is 444 g/mol. The summed E-state index contributed by atoms with van der Waals surface area (Å²) >= 11 is 0. The molecule has 0 spiro atoms. The van der Waals surface area contributed by atoms with Gasteiger partial charge in [-0.15, -0.1) is 0 Å². The Kier molecular flexibility index (Phi) is 11.8. The van der Waals surface area contributed by atoms with Crippen molar-refractivity contribution >= 4 is 26.4 Å². The second kappa shape index (κ2) is 13.5. The number of benzene rings is 1. The molecule has 33 heavy (non-hydrogen) atoms. The van der Waals surface area contributed by atoms with Crippen molar-refractivity contribution in [3.8, 4) is 11.5 Å². The van der Waals surface area contributed by atoms with Crippen LogP contribution in [0, 0.1) is 0 Å². The van der Waals surface area contributed by atoms with Gasteiger partial charge in [-0.1, -0.05) is 31.8 Å². The second-order valence-corrected chi connectivity index (χ2v) is 14.9. The molecule has 1 aromatic carbocycles. The minimum Gasteiger partial charge on any atom is -0.497 e. The van der Waals surface area contributed by atoms with E-state index in [-0.39, 0.29) is 12.4 Å². The highest BCUT2D eigenvalue weighted by Crippen LogP contribution is 2.31. The Balaban J connectivity index is 3.12. The standard InChI is InChI=1S/C24H38O8Si/c1-24(2,27)32-19(16-25)11-9-8-10-18-14-20(29-4)15-21(31-17-28-3)22(18)23(26)30-12-13-33(5,6)7/h8,10,14-16,19,27H,9,11-13,17H2,1-7H3/b10-8+. The molecule has 8 nitrogen and oxygen atoms in total. The lowest BCUT2D eigenvalue weighted by Gasteiger charge is -2.22. The van der Waals surface area contributed by atoms with Gasteiger partial charge >= 0.3 is 5.97 Å². The molecule has 0 aliphatic heterocycles. The SMILES string of the molecule is COCOc1cc(OC)cc(/C=C/CCC(C=O)OC(C)(C)O)c1C(=O)OCC[Si](C)(C)C. The van der Waals surface area contributed by atoms with E-state index in [1.165, 1.54) is 28.1 Å². The monoisotopic (exact) mass is 482 g/mol. The summed E-state index contributed by atoms with van der Waals surface area (Å²) in [5.74, 6) is -1.08. The zero-order valence-corrected chi connectivity index (χ0v) is 21.8. The molecule has 1 unspecified atom stereocenters. The Bertz CT molecular complexity index is 793. The summed E-state index contributed by atoms with van der Waals surface area (Å²) in [6.45, 7) is 9.87. The molecule has 0 amide bonds. The van der Waals surface area contributed by atoms with E-state index >= 15 is 0 Å². The van der Waals surface area contributed by atoms with E-state index in [2.05, 4.69) is 19.6 Å². The van der Waals surface area contributed by atoms with Crippen molar-refractivity contribution in [2.45, 2.75) is 64.3 Å². The number of aldehydes is 1. The number of hydrogen-bond donors (Lipinski definition) is 1. The molecule has 0 fully saturated rings. The normalized spacial score (nSPS) is 13.1. The maximum atomic E-state index is 13.0. The largest absolute Gasteiger partial charge is 0.497 e. The molecule has 0 aliphatic rings. The van der Waals surface area contributed by atoms with Crippen LogP contribution < -0.4 is 9.47 Å². The third kappa shape index (κ3) is 11.5. The maximum Gasteiger partial charge on any atom is 0.342 e. The predicted octanol–water partition coefficient (Wildman–Crippen LogP) is 4.28. The topological polar surface area (TPSA) is 101 Å². The Morgan fingerprint density at radius 3 is 2.45 bits per heavy atom. The van der Waals surface area contributed by atoms with Gasteiger partial charge in [-0.05, 0) is 44.4 Å². The molecule has 9 heteroatoms. The van der Waals surface area contributed by atoms with E-state index in [1.54, 1.807) is 18.2 Å². The second-order valence-electron chi connectivity index (χ2n) is 9.31. The fourth-order valence-corrected chi connectivity index (χ4v) is 3.55. The van der Waals surface area contributed by atoms with Gasteiger partial charge < -0.3 is 33.6 Å². The zero-order chi connectivity index (χ0) is 25.1. The first-order chi connectivity index (χ1) is 15.4. The summed E-state index contributed by atoms with van der Waals surface area (Å²) in [4.78, 5) is 24.2. The zero-order valence-electron chi connectivity index (χ0n) is 20.8. The van der Waals surface area contributed by atoms with Crippen LogP contribution in [0.25, 0.3) is 6.08 Å². The maximum absolute atomic E-state index is 13.0. The molecule has 1 N–H and O–H groups in total. The minimum atomic E-state index is -1.40. The fourth-order valence-electron chi connectivity index (χ4n) is 2.83. The lowest BCUT2D eigenvalue weighted by molar-refractivity contribution is -0.202. The van der Waals surface area contributed by atoms with Crippen molar-refractivity contribution in [1.29, 1.82) is 0 Å². The van der Waals surface area contributed by atoms with Crippen LogP contribution in [0.15, 0.2) is 18.2 Å². The van der Waals surface area contributed by atoms with E-state index in [9.17, 15) is 14.7 Å². The van der Waals surface area contributed by atoms with Gasteiger partial charge in [0.05, 0.1) is 13.7 Å². The van der Waals surface area contributed by atoms with E-state index < -0.39 is 25.9 Å². The van der Waals surface area contributed by atoms with Crippen LogP contribution in [0.2, 0.25) is 25.7 Å². The average Bonchev–Trinajstić information content (AvgIpc) is 2.71. The highest BCUT2D eigenvalue weighted by atomic mass is 28.3. The third-order valence-electron chi connectivity index (χ3n) is 4.47. The molecule has 1 atom stereocenters. The first-order valence-corrected chi connectivity index (χ1v) is 14.6. The molecule has 0 radical (unpaired) electrons. The van der Waals surface area contributed by atoms with Crippen molar-refractivity contribution in [2.24, 2.45) is 0 Å². The Morgan fingerprint density at radius 1 is 1.21 bits per heavy atom. The molecule has 1 aromatic rings. The average molecular weight is 483 g/mol. The quantitative estimate of drug-likeness (QED) is 0.171. The first kappa shape index (κ1) is 28.8. The fraction of sp³-hybridized carbons (Fsp3) is 0.583. The van der Waals surface area contributed by atoms with Gasteiger partial charge in [0.25, 0.3) is 0 Å². The van der Waals surface area contributed by atoms with Crippen LogP contribution in [-0.2, 0) is 19.0 Å². The van der Waals surface area contributed by atoms with Crippen molar-refractivity contribution in [2.75, 3.05) is 27.6 Å².